The van der Waals surface area contributed by atoms with E-state index in [9.17, 15) is 14.7 Å². The van der Waals surface area contributed by atoms with Crippen LogP contribution in [0.2, 0.25) is 5.02 Å². The smallest absolute Gasteiger partial charge is 0.322 e. The van der Waals surface area contributed by atoms with Gasteiger partial charge in [0, 0.05) is 17.3 Å². The number of aliphatic carboxylic acids is 1. The van der Waals surface area contributed by atoms with Crippen molar-refractivity contribution < 1.29 is 14.7 Å². The standard InChI is InChI=1S/C27H39ClN2O3/c1-17(2)22-16-30(21-11-8-19(9-12-21)24(31)32)25(33)29-27(22,6)20-10-7-18(23(28)15-20)13-14-26(3,4)5/h7,10,15-17,19,21H,8-9,11-14H2,1-6H3,(H,29,33)(H,31,32)/t19?,21?,27-/m0/s1. The molecule has 182 valence electrons. The summed E-state index contributed by atoms with van der Waals surface area (Å²) in [7, 11) is 0. The van der Waals surface area contributed by atoms with Crippen molar-refractivity contribution in [2.75, 3.05) is 0 Å². The predicted molar refractivity (Wildman–Crippen MR) is 133 cm³/mol. The van der Waals surface area contributed by atoms with Gasteiger partial charge in [-0.25, -0.2) is 4.79 Å². The van der Waals surface area contributed by atoms with E-state index in [0.29, 0.717) is 25.7 Å². The summed E-state index contributed by atoms with van der Waals surface area (Å²) in [5, 5.41) is 13.3. The summed E-state index contributed by atoms with van der Waals surface area (Å²) in [4.78, 5) is 26.4. The molecule has 6 heteroatoms. The Bertz CT molecular complexity index is 926. The van der Waals surface area contributed by atoms with Crippen molar-refractivity contribution in [3.63, 3.8) is 0 Å². The highest BCUT2D eigenvalue weighted by Gasteiger charge is 2.42. The average molecular weight is 475 g/mol. The number of hydrogen-bond acceptors (Lipinski definition) is 2. The molecule has 33 heavy (non-hydrogen) atoms. The van der Waals surface area contributed by atoms with E-state index in [1.54, 1.807) is 4.90 Å². The molecule has 0 spiro atoms. The molecule has 1 heterocycles. The largest absolute Gasteiger partial charge is 0.481 e. The summed E-state index contributed by atoms with van der Waals surface area (Å²) in [5.41, 5.74) is 2.83. The van der Waals surface area contributed by atoms with Crippen LogP contribution < -0.4 is 5.32 Å². The number of carboxylic acids is 1. The third-order valence-corrected chi connectivity index (χ3v) is 7.63. The number of carbonyl (C=O) groups excluding carboxylic acids is 1. The van der Waals surface area contributed by atoms with Crippen LogP contribution in [-0.2, 0) is 16.8 Å². The zero-order valence-corrected chi connectivity index (χ0v) is 21.6. The van der Waals surface area contributed by atoms with Crippen LogP contribution in [0.5, 0.6) is 0 Å². The molecule has 0 saturated heterocycles. The first kappa shape index (κ1) is 25.6. The Morgan fingerprint density at radius 3 is 2.39 bits per heavy atom. The summed E-state index contributed by atoms with van der Waals surface area (Å²) >= 11 is 6.70. The number of nitrogens with one attached hydrogen (secondary N) is 1. The molecule has 1 aromatic carbocycles. The van der Waals surface area contributed by atoms with Crippen molar-refractivity contribution in [2.24, 2.45) is 17.3 Å². The van der Waals surface area contributed by atoms with E-state index in [1.807, 2.05) is 12.3 Å². The van der Waals surface area contributed by atoms with Crippen LogP contribution in [0.4, 0.5) is 4.79 Å². The van der Waals surface area contributed by atoms with E-state index in [-0.39, 0.29) is 29.3 Å². The Hall–Kier alpha value is -2.01. The number of halogens is 1. The first-order valence-electron chi connectivity index (χ1n) is 12.2. The van der Waals surface area contributed by atoms with E-state index in [2.05, 4.69) is 59.0 Å². The summed E-state index contributed by atoms with van der Waals surface area (Å²) in [6, 6.07) is 6.09. The van der Waals surface area contributed by atoms with Gasteiger partial charge in [-0.15, -0.1) is 0 Å². The lowest BCUT2D eigenvalue weighted by Crippen LogP contribution is -2.57. The third-order valence-electron chi connectivity index (χ3n) is 7.28. The van der Waals surface area contributed by atoms with Crippen molar-refractivity contribution in [1.82, 2.24) is 10.2 Å². The SMILES string of the molecule is CC(C)C1=CN(C2CCC(C(=O)O)CC2)C(=O)N[C@@]1(C)c1ccc(CCC(C)(C)C)c(Cl)c1. The second kappa shape index (κ2) is 9.69. The molecule has 0 unspecified atom stereocenters. The lowest BCUT2D eigenvalue weighted by molar-refractivity contribution is -0.143. The molecule has 2 aliphatic rings. The van der Waals surface area contributed by atoms with Gasteiger partial charge in [-0.3, -0.25) is 9.69 Å². The quantitative estimate of drug-likeness (QED) is 0.479. The molecule has 1 aliphatic heterocycles. The number of hydrogen-bond donors (Lipinski definition) is 2. The summed E-state index contributed by atoms with van der Waals surface area (Å²) in [6.07, 6.45) is 6.61. The Balaban J connectivity index is 1.87. The van der Waals surface area contributed by atoms with E-state index >= 15 is 0 Å². The highest BCUT2D eigenvalue weighted by molar-refractivity contribution is 6.31. The zero-order valence-electron chi connectivity index (χ0n) is 20.9. The van der Waals surface area contributed by atoms with Gasteiger partial charge in [-0.2, -0.15) is 0 Å². The van der Waals surface area contributed by atoms with Gasteiger partial charge in [0.1, 0.15) is 0 Å². The predicted octanol–water partition coefficient (Wildman–Crippen LogP) is 6.74. The fourth-order valence-corrected chi connectivity index (χ4v) is 5.37. The number of aryl methyl sites for hydroxylation is 1. The molecule has 1 aliphatic carbocycles. The number of benzene rings is 1. The highest BCUT2D eigenvalue weighted by Crippen LogP contribution is 2.40. The van der Waals surface area contributed by atoms with Crippen molar-refractivity contribution in [3.05, 3.63) is 46.1 Å². The monoisotopic (exact) mass is 474 g/mol. The van der Waals surface area contributed by atoms with Crippen LogP contribution in [0.3, 0.4) is 0 Å². The molecule has 1 aromatic rings. The van der Waals surface area contributed by atoms with Gasteiger partial charge in [-0.1, -0.05) is 58.4 Å². The number of carboxylic acid groups (broad SMARTS) is 1. The summed E-state index contributed by atoms with van der Waals surface area (Å²) in [6.45, 7) is 13.0. The van der Waals surface area contributed by atoms with Crippen LogP contribution in [0.1, 0.15) is 84.8 Å². The molecule has 3 rings (SSSR count). The van der Waals surface area contributed by atoms with E-state index < -0.39 is 11.5 Å². The minimum absolute atomic E-state index is 0.0299. The van der Waals surface area contributed by atoms with E-state index in [4.69, 9.17) is 11.6 Å². The van der Waals surface area contributed by atoms with Crippen LogP contribution in [0, 0.1) is 17.3 Å². The Labute approximate surface area is 203 Å². The summed E-state index contributed by atoms with van der Waals surface area (Å²) in [5.74, 6) is -0.815. The molecular weight excluding hydrogens is 436 g/mol. The highest BCUT2D eigenvalue weighted by atomic mass is 35.5. The van der Waals surface area contributed by atoms with Crippen molar-refractivity contribution in [1.29, 1.82) is 0 Å². The molecule has 2 amide bonds. The maximum Gasteiger partial charge on any atom is 0.322 e. The molecule has 2 N–H and O–H groups in total. The van der Waals surface area contributed by atoms with Gasteiger partial charge in [0.05, 0.1) is 11.5 Å². The Morgan fingerprint density at radius 2 is 1.88 bits per heavy atom. The molecule has 5 nitrogen and oxygen atoms in total. The Morgan fingerprint density at radius 1 is 1.24 bits per heavy atom. The number of carbonyl (C=O) groups is 2. The van der Waals surface area contributed by atoms with Crippen LogP contribution in [0.25, 0.3) is 0 Å². The van der Waals surface area contributed by atoms with Gasteiger partial charge in [-0.05, 0) is 79.5 Å². The van der Waals surface area contributed by atoms with Crippen molar-refractivity contribution in [2.45, 2.75) is 91.6 Å². The molecule has 0 aromatic heterocycles. The zero-order chi connectivity index (χ0) is 24.6. The molecule has 0 radical (unpaired) electrons. The lowest BCUT2D eigenvalue weighted by Gasteiger charge is -2.45. The van der Waals surface area contributed by atoms with Gasteiger partial charge < -0.3 is 10.4 Å². The molecule has 1 atom stereocenters. The molecule has 1 saturated carbocycles. The van der Waals surface area contributed by atoms with Crippen LogP contribution in [0.15, 0.2) is 30.0 Å². The third kappa shape index (κ3) is 5.74. The van der Waals surface area contributed by atoms with Gasteiger partial charge in [0.15, 0.2) is 0 Å². The van der Waals surface area contributed by atoms with Crippen molar-refractivity contribution in [3.8, 4) is 0 Å². The first-order chi connectivity index (χ1) is 15.3. The molecule has 0 bridgehead atoms. The number of amides is 2. The van der Waals surface area contributed by atoms with Crippen molar-refractivity contribution >= 4 is 23.6 Å². The summed E-state index contributed by atoms with van der Waals surface area (Å²) < 4.78 is 0. The van der Waals surface area contributed by atoms with Gasteiger partial charge >= 0.3 is 12.0 Å². The normalized spacial score (nSPS) is 26.2. The van der Waals surface area contributed by atoms with Crippen LogP contribution >= 0.6 is 11.6 Å². The second-order valence-corrected chi connectivity index (χ2v) is 11.8. The Kier molecular flexibility index (Phi) is 7.52. The number of urea groups is 1. The fourth-order valence-electron chi connectivity index (χ4n) is 5.10. The minimum Gasteiger partial charge on any atom is -0.481 e. The first-order valence-corrected chi connectivity index (χ1v) is 12.5. The van der Waals surface area contributed by atoms with E-state index in [1.165, 1.54) is 0 Å². The van der Waals surface area contributed by atoms with E-state index in [0.717, 1.165) is 34.6 Å². The molecule has 1 fully saturated rings. The average Bonchev–Trinajstić information content (AvgIpc) is 2.72. The topological polar surface area (TPSA) is 69.6 Å². The fraction of sp³-hybridized carbons (Fsp3) is 0.630. The maximum absolute atomic E-state index is 13.3. The lowest BCUT2D eigenvalue weighted by atomic mass is 9.77. The number of nitrogens with zero attached hydrogens (tertiary/aromatic N) is 1. The van der Waals surface area contributed by atoms with Gasteiger partial charge in [0.2, 0.25) is 0 Å². The minimum atomic E-state index is -0.731. The number of rotatable bonds is 6. The second-order valence-electron chi connectivity index (χ2n) is 11.4. The van der Waals surface area contributed by atoms with Crippen LogP contribution in [-0.4, -0.2) is 28.0 Å². The molecular formula is C27H39ClN2O3. The maximum atomic E-state index is 13.3. The van der Waals surface area contributed by atoms with Gasteiger partial charge in [0.25, 0.3) is 0 Å².